The van der Waals surface area contributed by atoms with Gasteiger partial charge < -0.3 is 19.9 Å². The molecule has 2 fully saturated rings. The largest absolute Gasteiger partial charge is 0.378 e. The van der Waals surface area contributed by atoms with Crippen LogP contribution >= 0.6 is 11.3 Å². The van der Waals surface area contributed by atoms with E-state index in [1.165, 1.54) is 11.3 Å². The molecule has 3 heterocycles. The molecule has 0 aliphatic carbocycles. The van der Waals surface area contributed by atoms with Crippen LogP contribution in [0.4, 0.5) is 4.79 Å². The number of morpholine rings is 1. The number of rotatable bonds is 5. The SMILES string of the molecule is O=C(CN1CCN(C(=O)N2CCOCC2)CC1)NC(c1ccccc1)c1nccs1. The number of aromatic nitrogens is 1. The van der Waals surface area contributed by atoms with Gasteiger partial charge in [0.2, 0.25) is 5.91 Å². The first-order valence-electron chi connectivity index (χ1n) is 10.3. The van der Waals surface area contributed by atoms with Crippen molar-refractivity contribution in [3.63, 3.8) is 0 Å². The number of thiazole rings is 1. The number of benzene rings is 1. The van der Waals surface area contributed by atoms with Crippen LogP contribution in [0.1, 0.15) is 16.6 Å². The summed E-state index contributed by atoms with van der Waals surface area (Å²) in [6.45, 7) is 5.48. The van der Waals surface area contributed by atoms with Crippen molar-refractivity contribution in [2.75, 3.05) is 59.0 Å². The smallest absolute Gasteiger partial charge is 0.320 e. The van der Waals surface area contributed by atoms with Gasteiger partial charge in [-0.25, -0.2) is 9.78 Å². The fourth-order valence-electron chi connectivity index (χ4n) is 3.77. The predicted molar refractivity (Wildman–Crippen MR) is 114 cm³/mol. The van der Waals surface area contributed by atoms with E-state index in [1.54, 1.807) is 6.20 Å². The minimum atomic E-state index is -0.247. The van der Waals surface area contributed by atoms with Gasteiger partial charge in [0.05, 0.1) is 19.8 Å². The second kappa shape index (κ2) is 10.0. The molecule has 1 N–H and O–H groups in total. The summed E-state index contributed by atoms with van der Waals surface area (Å²) >= 11 is 1.53. The van der Waals surface area contributed by atoms with E-state index in [2.05, 4.69) is 15.2 Å². The fraction of sp³-hybridized carbons (Fsp3) is 0.476. The quantitative estimate of drug-likeness (QED) is 0.778. The molecule has 0 saturated carbocycles. The second-order valence-electron chi connectivity index (χ2n) is 7.43. The Morgan fingerprint density at radius 1 is 1.03 bits per heavy atom. The molecule has 1 atom stereocenters. The third-order valence-electron chi connectivity index (χ3n) is 5.43. The Balaban J connectivity index is 1.29. The van der Waals surface area contributed by atoms with Crippen molar-refractivity contribution < 1.29 is 14.3 Å². The maximum atomic E-state index is 12.8. The van der Waals surface area contributed by atoms with Gasteiger partial charge in [0.25, 0.3) is 0 Å². The molecule has 4 rings (SSSR count). The van der Waals surface area contributed by atoms with Gasteiger partial charge in [-0.05, 0) is 5.56 Å². The molecule has 160 valence electrons. The predicted octanol–water partition coefficient (Wildman–Crippen LogP) is 1.42. The maximum Gasteiger partial charge on any atom is 0.320 e. The van der Waals surface area contributed by atoms with E-state index >= 15 is 0 Å². The summed E-state index contributed by atoms with van der Waals surface area (Å²) in [5.74, 6) is -0.0352. The zero-order valence-corrected chi connectivity index (χ0v) is 17.7. The summed E-state index contributed by atoms with van der Waals surface area (Å²) in [6, 6.07) is 9.73. The molecule has 30 heavy (non-hydrogen) atoms. The topological polar surface area (TPSA) is 78.0 Å². The number of piperazine rings is 1. The minimum absolute atomic E-state index is 0.0352. The molecule has 1 aromatic carbocycles. The van der Waals surface area contributed by atoms with Gasteiger partial charge in [0.1, 0.15) is 11.0 Å². The third-order valence-corrected chi connectivity index (χ3v) is 6.27. The van der Waals surface area contributed by atoms with Crippen LogP contribution < -0.4 is 5.32 Å². The van der Waals surface area contributed by atoms with Crippen molar-refractivity contribution in [1.29, 1.82) is 0 Å². The first kappa shape index (κ1) is 20.8. The molecule has 8 nitrogen and oxygen atoms in total. The van der Waals surface area contributed by atoms with Crippen molar-refractivity contribution in [3.8, 4) is 0 Å². The van der Waals surface area contributed by atoms with Crippen LogP contribution in [-0.2, 0) is 9.53 Å². The molecule has 9 heteroatoms. The Bertz CT molecular complexity index is 818. The fourth-order valence-corrected chi connectivity index (χ4v) is 4.49. The highest BCUT2D eigenvalue weighted by atomic mass is 32.1. The molecule has 2 aromatic rings. The first-order valence-corrected chi connectivity index (χ1v) is 11.2. The summed E-state index contributed by atoms with van der Waals surface area (Å²) in [6.07, 6.45) is 1.76. The number of carbonyl (C=O) groups is 2. The van der Waals surface area contributed by atoms with Crippen molar-refractivity contribution in [1.82, 2.24) is 25.0 Å². The average Bonchev–Trinajstić information content (AvgIpc) is 3.33. The number of amides is 3. The summed E-state index contributed by atoms with van der Waals surface area (Å²) in [4.78, 5) is 35.6. The highest BCUT2D eigenvalue weighted by Crippen LogP contribution is 2.23. The highest BCUT2D eigenvalue weighted by molar-refractivity contribution is 7.09. The van der Waals surface area contributed by atoms with Crippen LogP contribution in [0.3, 0.4) is 0 Å². The summed E-state index contributed by atoms with van der Waals surface area (Å²) in [5, 5.41) is 5.92. The molecule has 1 aromatic heterocycles. The van der Waals surface area contributed by atoms with Gasteiger partial charge in [-0.15, -0.1) is 11.3 Å². The number of carbonyl (C=O) groups excluding carboxylic acids is 2. The van der Waals surface area contributed by atoms with Crippen LogP contribution in [0.15, 0.2) is 41.9 Å². The first-order chi connectivity index (χ1) is 14.7. The van der Waals surface area contributed by atoms with Gasteiger partial charge in [0.15, 0.2) is 0 Å². The van der Waals surface area contributed by atoms with E-state index < -0.39 is 0 Å². The molecule has 0 bridgehead atoms. The van der Waals surface area contributed by atoms with Gasteiger partial charge >= 0.3 is 6.03 Å². The second-order valence-corrected chi connectivity index (χ2v) is 8.35. The lowest BCUT2D eigenvalue weighted by molar-refractivity contribution is -0.123. The van der Waals surface area contributed by atoms with Crippen LogP contribution in [0.25, 0.3) is 0 Å². The van der Waals surface area contributed by atoms with Gasteiger partial charge in [-0.2, -0.15) is 0 Å². The van der Waals surface area contributed by atoms with Crippen molar-refractivity contribution in [2.45, 2.75) is 6.04 Å². The van der Waals surface area contributed by atoms with E-state index in [0.717, 1.165) is 10.6 Å². The van der Waals surface area contributed by atoms with Crippen LogP contribution in [0.2, 0.25) is 0 Å². The number of nitrogens with zero attached hydrogens (tertiary/aromatic N) is 4. The Hall–Kier alpha value is -2.49. The normalized spacial score (nSPS) is 18.8. The molecular weight excluding hydrogens is 402 g/mol. The Kier molecular flexibility index (Phi) is 6.93. The van der Waals surface area contributed by atoms with Gasteiger partial charge in [-0.1, -0.05) is 30.3 Å². The molecule has 3 amide bonds. The minimum Gasteiger partial charge on any atom is -0.378 e. The molecule has 2 saturated heterocycles. The molecule has 2 aliphatic rings. The highest BCUT2D eigenvalue weighted by Gasteiger charge is 2.27. The van der Waals surface area contributed by atoms with E-state index in [9.17, 15) is 9.59 Å². The Labute approximate surface area is 180 Å². The Morgan fingerprint density at radius 2 is 1.73 bits per heavy atom. The van der Waals surface area contributed by atoms with Crippen LogP contribution in [-0.4, -0.2) is 90.6 Å². The van der Waals surface area contributed by atoms with Crippen LogP contribution in [0, 0.1) is 0 Å². The van der Waals surface area contributed by atoms with Crippen molar-refractivity contribution >= 4 is 23.3 Å². The maximum absolute atomic E-state index is 12.8. The standard InChI is InChI=1S/C21H27N5O3S/c27-18(23-19(20-22-6-15-30-20)17-4-2-1-3-5-17)16-24-7-9-25(10-8-24)21(28)26-11-13-29-14-12-26/h1-6,15,19H,7-14,16H2,(H,23,27). The molecule has 1 unspecified atom stereocenters. The average molecular weight is 430 g/mol. The lowest BCUT2D eigenvalue weighted by Crippen LogP contribution is -2.55. The third kappa shape index (κ3) is 5.16. The van der Waals surface area contributed by atoms with E-state index in [1.807, 2.05) is 45.5 Å². The van der Waals surface area contributed by atoms with Gasteiger partial charge in [0, 0.05) is 50.8 Å². The lowest BCUT2D eigenvalue weighted by Gasteiger charge is -2.38. The number of nitrogens with one attached hydrogen (secondary N) is 1. The van der Waals surface area contributed by atoms with Crippen molar-refractivity contribution in [2.24, 2.45) is 0 Å². The number of urea groups is 1. The molecular formula is C21H27N5O3S. The van der Waals surface area contributed by atoms with Crippen LogP contribution in [0.5, 0.6) is 0 Å². The van der Waals surface area contributed by atoms with Gasteiger partial charge in [-0.3, -0.25) is 9.69 Å². The lowest BCUT2D eigenvalue weighted by atomic mass is 10.1. The van der Waals surface area contributed by atoms with E-state index in [4.69, 9.17) is 4.74 Å². The molecule has 0 spiro atoms. The zero-order valence-electron chi connectivity index (χ0n) is 16.9. The number of hydrogen-bond donors (Lipinski definition) is 1. The molecule has 2 aliphatic heterocycles. The van der Waals surface area contributed by atoms with E-state index in [0.29, 0.717) is 59.0 Å². The summed E-state index contributed by atoms with van der Waals surface area (Å²) in [5.41, 5.74) is 1.02. The number of ether oxygens (including phenoxy) is 1. The Morgan fingerprint density at radius 3 is 2.40 bits per heavy atom. The van der Waals surface area contributed by atoms with E-state index in [-0.39, 0.29) is 18.0 Å². The van der Waals surface area contributed by atoms with Crippen molar-refractivity contribution in [3.05, 3.63) is 52.5 Å². The number of hydrogen-bond acceptors (Lipinski definition) is 6. The molecule has 0 radical (unpaired) electrons. The zero-order chi connectivity index (χ0) is 20.8. The summed E-state index contributed by atoms with van der Waals surface area (Å²) in [7, 11) is 0. The summed E-state index contributed by atoms with van der Waals surface area (Å²) < 4.78 is 5.32. The monoisotopic (exact) mass is 429 g/mol.